The van der Waals surface area contributed by atoms with Gasteiger partial charge in [-0.1, -0.05) is 23.7 Å². The molecule has 0 atom stereocenters. The normalized spacial score (nSPS) is 15.3. The Morgan fingerprint density at radius 1 is 1.19 bits per heavy atom. The fourth-order valence-corrected chi connectivity index (χ4v) is 4.01. The Bertz CT molecular complexity index is 783. The maximum absolute atomic E-state index is 12.3. The van der Waals surface area contributed by atoms with E-state index in [0.29, 0.717) is 10.6 Å². The van der Waals surface area contributed by atoms with Crippen LogP contribution in [0.1, 0.15) is 21.5 Å². The Balaban J connectivity index is 1.73. The third-order valence-electron chi connectivity index (χ3n) is 4.36. The highest BCUT2D eigenvalue weighted by Crippen LogP contribution is 2.24. The van der Waals surface area contributed by atoms with Gasteiger partial charge in [-0.2, -0.15) is 11.8 Å². The van der Waals surface area contributed by atoms with Gasteiger partial charge in [0.2, 0.25) is 0 Å². The van der Waals surface area contributed by atoms with Gasteiger partial charge in [0.05, 0.1) is 7.11 Å². The molecular weight excluding hydrogens is 366 g/mol. The first-order valence-electron chi connectivity index (χ1n) is 8.61. The molecule has 1 fully saturated rings. The zero-order valence-corrected chi connectivity index (χ0v) is 16.4. The lowest BCUT2D eigenvalue weighted by Gasteiger charge is -2.26. The number of thioether (sulfide) groups is 1. The molecule has 26 heavy (non-hydrogen) atoms. The summed E-state index contributed by atoms with van der Waals surface area (Å²) in [5.74, 6) is 3.21. The van der Waals surface area contributed by atoms with Crippen molar-refractivity contribution < 1.29 is 9.53 Å². The first-order valence-corrected chi connectivity index (χ1v) is 10.1. The van der Waals surface area contributed by atoms with Gasteiger partial charge in [-0.3, -0.25) is 9.69 Å². The van der Waals surface area contributed by atoms with Crippen LogP contribution in [0.2, 0.25) is 5.02 Å². The highest BCUT2D eigenvalue weighted by Gasteiger charge is 2.13. The van der Waals surface area contributed by atoms with E-state index in [-0.39, 0.29) is 5.78 Å². The third-order valence-corrected chi connectivity index (χ3v) is 5.55. The molecule has 0 saturated carbocycles. The lowest BCUT2D eigenvalue weighted by molar-refractivity contribution is 0.104. The zero-order valence-electron chi connectivity index (χ0n) is 14.8. The van der Waals surface area contributed by atoms with E-state index in [2.05, 4.69) is 11.0 Å². The Morgan fingerprint density at radius 2 is 1.92 bits per heavy atom. The molecule has 3 nitrogen and oxygen atoms in total. The van der Waals surface area contributed by atoms with E-state index in [1.165, 1.54) is 11.5 Å². The number of hydrogen-bond acceptors (Lipinski definition) is 4. The summed E-state index contributed by atoms with van der Waals surface area (Å²) in [5.41, 5.74) is 2.78. The monoisotopic (exact) mass is 387 g/mol. The number of ether oxygens (including phenoxy) is 1. The second kappa shape index (κ2) is 9.26. The number of ketones is 1. The number of carbonyl (C=O) groups excluding carboxylic acids is 1. The molecule has 0 aromatic heterocycles. The van der Waals surface area contributed by atoms with Gasteiger partial charge in [0.25, 0.3) is 0 Å². The second-order valence-electron chi connectivity index (χ2n) is 6.16. The summed E-state index contributed by atoms with van der Waals surface area (Å²) in [6.45, 7) is 3.07. The molecule has 0 aliphatic carbocycles. The van der Waals surface area contributed by atoms with Crippen LogP contribution in [-0.4, -0.2) is 42.4 Å². The van der Waals surface area contributed by atoms with Crippen LogP contribution in [-0.2, 0) is 6.54 Å². The van der Waals surface area contributed by atoms with Crippen molar-refractivity contribution >= 4 is 35.2 Å². The topological polar surface area (TPSA) is 29.5 Å². The number of hydrogen-bond donors (Lipinski definition) is 0. The van der Waals surface area contributed by atoms with Crippen LogP contribution in [0.4, 0.5) is 0 Å². The molecular formula is C21H22ClNO2S. The van der Waals surface area contributed by atoms with Crippen LogP contribution in [0.5, 0.6) is 5.75 Å². The van der Waals surface area contributed by atoms with Crippen molar-refractivity contribution in [2.24, 2.45) is 0 Å². The molecule has 0 radical (unpaired) electrons. The van der Waals surface area contributed by atoms with Crippen LogP contribution in [0, 0.1) is 0 Å². The molecule has 5 heteroatoms. The van der Waals surface area contributed by atoms with Gasteiger partial charge in [-0.15, -0.1) is 0 Å². The summed E-state index contributed by atoms with van der Waals surface area (Å²) < 4.78 is 5.51. The predicted octanol–water partition coefficient (Wildman–Crippen LogP) is 4.79. The number of methoxy groups -OCH3 is 1. The van der Waals surface area contributed by atoms with E-state index in [1.807, 2.05) is 30.0 Å². The molecule has 1 aliphatic heterocycles. The van der Waals surface area contributed by atoms with Crippen molar-refractivity contribution in [2.45, 2.75) is 6.54 Å². The number of benzene rings is 2. The molecule has 2 aromatic rings. The van der Waals surface area contributed by atoms with Gasteiger partial charge >= 0.3 is 0 Å². The summed E-state index contributed by atoms with van der Waals surface area (Å²) >= 11 is 7.87. The van der Waals surface area contributed by atoms with Crippen molar-refractivity contribution in [1.82, 2.24) is 4.90 Å². The molecule has 3 rings (SSSR count). The SMILES string of the molecule is COc1ccc(/C=C/C(=O)c2ccc(Cl)cc2)cc1CN1CCSCC1. The van der Waals surface area contributed by atoms with Crippen molar-refractivity contribution in [3.8, 4) is 5.75 Å². The number of allylic oxidation sites excluding steroid dienone is 1. The van der Waals surface area contributed by atoms with Crippen LogP contribution in [0.25, 0.3) is 6.08 Å². The number of rotatable bonds is 6. The molecule has 0 bridgehead atoms. The number of halogens is 1. The average Bonchev–Trinajstić information content (AvgIpc) is 2.67. The first-order chi connectivity index (χ1) is 12.7. The zero-order chi connectivity index (χ0) is 18.4. The van der Waals surface area contributed by atoms with Gasteiger partial charge in [-0.25, -0.2) is 0 Å². The maximum atomic E-state index is 12.3. The van der Waals surface area contributed by atoms with Gasteiger partial charge in [-0.05, 0) is 48.0 Å². The average molecular weight is 388 g/mol. The van der Waals surface area contributed by atoms with Crippen molar-refractivity contribution in [1.29, 1.82) is 0 Å². The van der Waals surface area contributed by atoms with Crippen LogP contribution in [0.15, 0.2) is 48.5 Å². The minimum atomic E-state index is -0.0351. The van der Waals surface area contributed by atoms with Crippen molar-refractivity contribution in [3.63, 3.8) is 0 Å². The fourth-order valence-electron chi connectivity index (χ4n) is 2.91. The fraction of sp³-hybridized carbons (Fsp3) is 0.286. The van der Waals surface area contributed by atoms with E-state index in [9.17, 15) is 4.79 Å². The minimum Gasteiger partial charge on any atom is -0.496 e. The van der Waals surface area contributed by atoms with Crippen molar-refractivity contribution in [3.05, 3.63) is 70.3 Å². The van der Waals surface area contributed by atoms with E-state index in [0.717, 1.165) is 36.5 Å². The van der Waals surface area contributed by atoms with Crippen LogP contribution in [0.3, 0.4) is 0 Å². The smallest absolute Gasteiger partial charge is 0.185 e. The molecule has 1 heterocycles. The lowest BCUT2D eigenvalue weighted by atomic mass is 10.1. The predicted molar refractivity (Wildman–Crippen MR) is 110 cm³/mol. The Hall–Kier alpha value is -1.75. The molecule has 1 aliphatic rings. The van der Waals surface area contributed by atoms with E-state index in [4.69, 9.17) is 16.3 Å². The Morgan fingerprint density at radius 3 is 2.62 bits per heavy atom. The molecule has 0 unspecified atom stereocenters. The summed E-state index contributed by atoms with van der Waals surface area (Å²) in [7, 11) is 1.70. The minimum absolute atomic E-state index is 0.0351. The van der Waals surface area contributed by atoms with Gasteiger partial charge < -0.3 is 4.74 Å². The standard InChI is InChI=1S/C21H22ClNO2S/c1-25-21-9-3-16(14-18(21)15-23-10-12-26-13-11-23)2-8-20(24)17-4-6-19(22)7-5-17/h2-9,14H,10-13,15H2,1H3/b8-2+. The van der Waals surface area contributed by atoms with Gasteiger partial charge in [0, 0.05) is 47.3 Å². The largest absolute Gasteiger partial charge is 0.496 e. The Labute approximate surface area is 164 Å². The van der Waals surface area contributed by atoms with E-state index in [1.54, 1.807) is 37.5 Å². The first kappa shape index (κ1) is 19.0. The van der Waals surface area contributed by atoms with E-state index >= 15 is 0 Å². The van der Waals surface area contributed by atoms with Crippen LogP contribution >= 0.6 is 23.4 Å². The summed E-state index contributed by atoms with van der Waals surface area (Å²) in [6, 6.07) is 13.0. The maximum Gasteiger partial charge on any atom is 0.185 e. The van der Waals surface area contributed by atoms with Crippen LogP contribution < -0.4 is 4.74 Å². The summed E-state index contributed by atoms with van der Waals surface area (Å²) in [5, 5.41) is 0.626. The quantitative estimate of drug-likeness (QED) is 0.526. The summed E-state index contributed by atoms with van der Waals surface area (Å²) in [4.78, 5) is 14.7. The number of carbonyl (C=O) groups is 1. The molecule has 0 amide bonds. The van der Waals surface area contributed by atoms with Gasteiger partial charge in [0.15, 0.2) is 5.78 Å². The lowest BCUT2D eigenvalue weighted by Crippen LogP contribution is -2.32. The molecule has 1 saturated heterocycles. The summed E-state index contributed by atoms with van der Waals surface area (Å²) in [6.07, 6.45) is 3.46. The van der Waals surface area contributed by atoms with E-state index < -0.39 is 0 Å². The Kier molecular flexibility index (Phi) is 6.78. The molecule has 136 valence electrons. The third kappa shape index (κ3) is 5.13. The van der Waals surface area contributed by atoms with Crippen molar-refractivity contribution in [2.75, 3.05) is 31.7 Å². The molecule has 0 spiro atoms. The number of nitrogens with zero attached hydrogens (tertiary/aromatic N) is 1. The second-order valence-corrected chi connectivity index (χ2v) is 7.83. The molecule has 2 aromatic carbocycles. The van der Waals surface area contributed by atoms with Gasteiger partial charge in [0.1, 0.15) is 5.75 Å². The highest BCUT2D eigenvalue weighted by atomic mass is 35.5. The highest BCUT2D eigenvalue weighted by molar-refractivity contribution is 7.99. The molecule has 0 N–H and O–H groups in total.